The number of nitrogens with two attached hydrogens (primary N) is 1. The van der Waals surface area contributed by atoms with Gasteiger partial charge in [-0.1, -0.05) is 0 Å². The van der Waals surface area contributed by atoms with Crippen LogP contribution in [-0.2, 0) is 19.7 Å². The van der Waals surface area contributed by atoms with E-state index in [9.17, 15) is 21.6 Å². The van der Waals surface area contributed by atoms with Gasteiger partial charge in [0.25, 0.3) is 5.91 Å². The molecular weight excluding hydrogens is 318 g/mol. The predicted octanol–water partition coefficient (Wildman–Crippen LogP) is -0.541. The molecule has 1 amide bonds. The number of carbonyl (C=O) groups excluding carboxylic acids is 1. The van der Waals surface area contributed by atoms with Crippen LogP contribution in [0, 0.1) is 5.41 Å². The number of nitrogens with one attached hydrogen (secondary N) is 1. The third-order valence-electron chi connectivity index (χ3n) is 2.66. The highest BCUT2D eigenvalue weighted by atomic mass is 32.2. The van der Waals surface area contributed by atoms with E-state index in [1.165, 1.54) is 13.1 Å². The lowest BCUT2D eigenvalue weighted by Gasteiger charge is -2.15. The van der Waals surface area contributed by atoms with Gasteiger partial charge in [0.1, 0.15) is 0 Å². The molecule has 0 atom stereocenters. The summed E-state index contributed by atoms with van der Waals surface area (Å²) in [7, 11) is -6.37. The summed E-state index contributed by atoms with van der Waals surface area (Å²) in [5, 5.41) is 7.17. The average molecular weight is 333 g/mol. The minimum atomic E-state index is -3.85. The van der Waals surface area contributed by atoms with Crippen molar-refractivity contribution in [3.63, 3.8) is 0 Å². The summed E-state index contributed by atoms with van der Waals surface area (Å²) in [6.45, 7) is 0. The van der Waals surface area contributed by atoms with Gasteiger partial charge >= 0.3 is 0 Å². The molecule has 21 heavy (non-hydrogen) atoms. The van der Waals surface area contributed by atoms with E-state index in [1.807, 2.05) is 0 Å². The molecule has 0 saturated heterocycles. The number of sulfone groups is 2. The van der Waals surface area contributed by atoms with Crippen LogP contribution in [0.2, 0.25) is 0 Å². The van der Waals surface area contributed by atoms with Gasteiger partial charge in [-0.3, -0.25) is 15.1 Å². The van der Waals surface area contributed by atoms with Crippen LogP contribution in [0.5, 0.6) is 0 Å². The second-order valence-corrected chi connectivity index (χ2v) is 8.42. The lowest BCUT2D eigenvalue weighted by atomic mass is 10.2. The third kappa shape index (κ3) is 3.79. The Hall–Kier alpha value is -1.94. The Morgan fingerprint density at radius 1 is 1.10 bits per heavy atom. The number of hydrogen-bond donors (Lipinski definition) is 2. The summed E-state index contributed by atoms with van der Waals surface area (Å²) in [6.07, 6.45) is 1.72. The number of guanidine groups is 1. The molecule has 0 aliphatic rings. The van der Waals surface area contributed by atoms with Crippen molar-refractivity contribution in [3.05, 3.63) is 23.8 Å². The molecule has 1 aromatic rings. The zero-order chi connectivity index (χ0) is 16.6. The molecule has 0 bridgehead atoms. The SMILES string of the molecule is CN(C(=N)N)C(=O)c1ccc(S(C)(=O)=O)c(S(C)(=O)=O)c1. The quantitative estimate of drug-likeness (QED) is 0.562. The first-order valence-corrected chi connectivity index (χ1v) is 9.30. The molecule has 1 rings (SSSR count). The first kappa shape index (κ1) is 17.1. The molecule has 116 valence electrons. The van der Waals surface area contributed by atoms with E-state index in [4.69, 9.17) is 11.1 Å². The highest BCUT2D eigenvalue weighted by Gasteiger charge is 2.23. The van der Waals surface area contributed by atoms with Gasteiger partial charge in [-0.2, -0.15) is 0 Å². The summed E-state index contributed by atoms with van der Waals surface area (Å²) < 4.78 is 46.7. The summed E-state index contributed by atoms with van der Waals surface area (Å²) in [4.78, 5) is 11.9. The molecule has 10 heteroatoms. The van der Waals surface area contributed by atoms with Crippen LogP contribution in [0.1, 0.15) is 10.4 Å². The van der Waals surface area contributed by atoms with Gasteiger partial charge in [-0.25, -0.2) is 16.8 Å². The van der Waals surface area contributed by atoms with Crippen molar-refractivity contribution in [2.24, 2.45) is 5.73 Å². The van der Waals surface area contributed by atoms with Crippen LogP contribution in [0.4, 0.5) is 0 Å². The largest absolute Gasteiger partial charge is 0.370 e. The average Bonchev–Trinajstić information content (AvgIpc) is 2.34. The number of carbonyl (C=O) groups is 1. The molecule has 0 heterocycles. The van der Waals surface area contributed by atoms with Gasteiger partial charge in [0.15, 0.2) is 25.6 Å². The molecule has 8 nitrogen and oxygen atoms in total. The molecule has 1 aromatic carbocycles. The fourth-order valence-electron chi connectivity index (χ4n) is 1.54. The minimum Gasteiger partial charge on any atom is -0.370 e. The van der Waals surface area contributed by atoms with E-state index in [-0.39, 0.29) is 10.5 Å². The first-order chi connectivity index (χ1) is 9.35. The lowest BCUT2D eigenvalue weighted by molar-refractivity contribution is 0.0868. The topological polar surface area (TPSA) is 138 Å². The Kier molecular flexibility index (Phi) is 4.44. The van der Waals surface area contributed by atoms with Crippen molar-refractivity contribution in [1.29, 1.82) is 5.41 Å². The highest BCUT2D eigenvalue weighted by Crippen LogP contribution is 2.23. The van der Waals surface area contributed by atoms with Crippen LogP contribution in [-0.4, -0.2) is 53.2 Å². The Morgan fingerprint density at radius 3 is 1.95 bits per heavy atom. The van der Waals surface area contributed by atoms with Crippen molar-refractivity contribution in [1.82, 2.24) is 4.90 Å². The molecule has 0 saturated carbocycles. The van der Waals surface area contributed by atoms with E-state index >= 15 is 0 Å². The van der Waals surface area contributed by atoms with Crippen LogP contribution >= 0.6 is 0 Å². The van der Waals surface area contributed by atoms with Crippen LogP contribution in [0.25, 0.3) is 0 Å². The molecule has 0 aliphatic carbocycles. The number of benzene rings is 1. The van der Waals surface area contributed by atoms with Gasteiger partial charge in [-0.05, 0) is 18.2 Å². The minimum absolute atomic E-state index is 0.0828. The van der Waals surface area contributed by atoms with Crippen molar-refractivity contribution in [3.8, 4) is 0 Å². The van der Waals surface area contributed by atoms with Gasteiger partial charge in [-0.15, -0.1) is 0 Å². The number of nitrogens with zero attached hydrogens (tertiary/aromatic N) is 1. The molecule has 0 fully saturated rings. The molecule has 0 spiro atoms. The zero-order valence-corrected chi connectivity index (χ0v) is 13.2. The predicted molar refractivity (Wildman–Crippen MR) is 76.7 cm³/mol. The number of hydrogen-bond acceptors (Lipinski definition) is 6. The Bertz CT molecular complexity index is 812. The fourth-order valence-corrected chi connectivity index (χ4v) is 3.96. The van der Waals surface area contributed by atoms with E-state index in [2.05, 4.69) is 0 Å². The summed E-state index contributed by atoms with van der Waals surface area (Å²) in [6, 6.07) is 3.19. The monoisotopic (exact) mass is 333 g/mol. The highest BCUT2D eigenvalue weighted by molar-refractivity contribution is 7.93. The van der Waals surface area contributed by atoms with Crippen molar-refractivity contribution >= 4 is 31.5 Å². The number of rotatable bonds is 3. The molecule has 0 unspecified atom stereocenters. The zero-order valence-electron chi connectivity index (χ0n) is 11.6. The summed E-state index contributed by atoms with van der Waals surface area (Å²) >= 11 is 0. The first-order valence-electron chi connectivity index (χ1n) is 5.52. The Labute approximate surface area is 122 Å². The molecule has 0 radical (unpaired) electrons. The maximum Gasteiger partial charge on any atom is 0.260 e. The molecule has 0 aromatic heterocycles. The van der Waals surface area contributed by atoms with Crippen molar-refractivity contribution in [2.75, 3.05) is 19.6 Å². The van der Waals surface area contributed by atoms with Gasteiger partial charge in [0, 0.05) is 25.1 Å². The normalized spacial score (nSPS) is 12.0. The number of amides is 1. The second-order valence-electron chi connectivity index (χ2n) is 4.46. The van der Waals surface area contributed by atoms with E-state index in [0.717, 1.165) is 29.5 Å². The van der Waals surface area contributed by atoms with Gasteiger partial charge < -0.3 is 5.73 Å². The second kappa shape index (κ2) is 5.45. The van der Waals surface area contributed by atoms with Crippen LogP contribution in [0.3, 0.4) is 0 Å². The molecule has 0 aliphatic heterocycles. The van der Waals surface area contributed by atoms with Gasteiger partial charge in [0.2, 0.25) is 0 Å². The standard InChI is InChI=1S/C11H15N3O5S2/c1-14(11(12)13)10(15)7-4-5-8(20(2,16)17)9(6-7)21(3,18)19/h4-6H,1-3H3,(H3,12,13). The Morgan fingerprint density at radius 2 is 1.57 bits per heavy atom. The van der Waals surface area contributed by atoms with Gasteiger partial charge in [0.05, 0.1) is 9.79 Å². The van der Waals surface area contributed by atoms with Crippen molar-refractivity contribution in [2.45, 2.75) is 9.79 Å². The molecule has 3 N–H and O–H groups in total. The summed E-state index contributed by atoms with van der Waals surface area (Å²) in [5.41, 5.74) is 5.09. The van der Waals surface area contributed by atoms with Crippen LogP contribution < -0.4 is 5.73 Å². The smallest absolute Gasteiger partial charge is 0.260 e. The lowest BCUT2D eigenvalue weighted by Crippen LogP contribution is -2.38. The van der Waals surface area contributed by atoms with E-state index < -0.39 is 36.4 Å². The maximum atomic E-state index is 12.0. The third-order valence-corrected chi connectivity index (χ3v) is 5.08. The summed E-state index contributed by atoms with van der Waals surface area (Å²) in [5.74, 6) is -1.24. The fraction of sp³-hybridized carbons (Fsp3) is 0.273. The maximum absolute atomic E-state index is 12.0. The van der Waals surface area contributed by atoms with Crippen molar-refractivity contribution < 1.29 is 21.6 Å². The van der Waals surface area contributed by atoms with E-state index in [0.29, 0.717) is 0 Å². The molecular formula is C11H15N3O5S2. The van der Waals surface area contributed by atoms with E-state index in [1.54, 1.807) is 0 Å². The Balaban J connectivity index is 3.58. The van der Waals surface area contributed by atoms with Crippen LogP contribution in [0.15, 0.2) is 28.0 Å².